The highest BCUT2D eigenvalue weighted by Crippen LogP contribution is 2.11. The van der Waals surface area contributed by atoms with Gasteiger partial charge in [-0.25, -0.2) is 0 Å². The molecular formula is C13H19NO2. The molecular weight excluding hydrogens is 202 g/mol. The van der Waals surface area contributed by atoms with Crippen LogP contribution in [0, 0.1) is 6.92 Å². The molecule has 1 aliphatic rings. The van der Waals surface area contributed by atoms with Crippen molar-refractivity contribution in [3.05, 3.63) is 35.4 Å². The van der Waals surface area contributed by atoms with Crippen molar-refractivity contribution in [2.75, 3.05) is 26.3 Å². The van der Waals surface area contributed by atoms with Crippen LogP contribution in [0.2, 0.25) is 0 Å². The molecule has 1 aromatic carbocycles. The summed E-state index contributed by atoms with van der Waals surface area (Å²) in [4.78, 5) is 10.5. The Morgan fingerprint density at radius 3 is 2.50 bits per heavy atom. The lowest BCUT2D eigenvalue weighted by atomic mass is 10.1. The van der Waals surface area contributed by atoms with Crippen LogP contribution in [0.5, 0.6) is 0 Å². The van der Waals surface area contributed by atoms with E-state index in [0.29, 0.717) is 0 Å². The molecule has 1 heterocycles. The van der Waals surface area contributed by atoms with Crippen molar-refractivity contribution in [2.45, 2.75) is 13.5 Å². The summed E-state index contributed by atoms with van der Waals surface area (Å²) in [5.74, 6) is 0. The summed E-state index contributed by atoms with van der Waals surface area (Å²) in [5.41, 5.74) is 2.83. The number of carbonyl (C=O) groups is 1. The highest BCUT2D eigenvalue weighted by atomic mass is 16.5. The second kappa shape index (κ2) is 7.14. The van der Waals surface area contributed by atoms with E-state index >= 15 is 0 Å². The van der Waals surface area contributed by atoms with Gasteiger partial charge in [0.2, 0.25) is 0 Å². The molecule has 16 heavy (non-hydrogen) atoms. The summed E-state index contributed by atoms with van der Waals surface area (Å²) in [6, 6.07) is 8.60. The summed E-state index contributed by atoms with van der Waals surface area (Å²) < 4.78 is 5.33. The fourth-order valence-corrected chi connectivity index (χ4v) is 1.79. The molecule has 0 aromatic heterocycles. The van der Waals surface area contributed by atoms with Crippen LogP contribution in [-0.2, 0) is 16.1 Å². The number of rotatable bonds is 2. The second-order valence-electron chi connectivity index (χ2n) is 3.82. The van der Waals surface area contributed by atoms with Crippen LogP contribution in [-0.4, -0.2) is 38.0 Å². The Labute approximate surface area is 97.0 Å². The zero-order chi connectivity index (χ0) is 11.8. The average Bonchev–Trinajstić information content (AvgIpc) is 2.36. The first-order valence-corrected chi connectivity index (χ1v) is 5.50. The Morgan fingerprint density at radius 2 is 1.88 bits per heavy atom. The monoisotopic (exact) mass is 221 g/mol. The number of carbonyl (C=O) groups excluding carboxylic acids is 1. The fourth-order valence-electron chi connectivity index (χ4n) is 1.79. The summed E-state index contributed by atoms with van der Waals surface area (Å²) in [7, 11) is 0. The molecule has 1 aliphatic heterocycles. The fraction of sp³-hybridized carbons (Fsp3) is 0.462. The van der Waals surface area contributed by atoms with Crippen molar-refractivity contribution in [3.63, 3.8) is 0 Å². The zero-order valence-electron chi connectivity index (χ0n) is 9.82. The van der Waals surface area contributed by atoms with E-state index in [4.69, 9.17) is 9.53 Å². The maximum Gasteiger partial charge on any atom is 0.106 e. The van der Waals surface area contributed by atoms with Crippen molar-refractivity contribution >= 4 is 6.79 Å². The van der Waals surface area contributed by atoms with E-state index in [9.17, 15) is 0 Å². The molecule has 1 saturated heterocycles. The lowest BCUT2D eigenvalue weighted by Gasteiger charge is -2.27. The van der Waals surface area contributed by atoms with E-state index in [1.165, 1.54) is 11.1 Å². The summed E-state index contributed by atoms with van der Waals surface area (Å²) in [5, 5.41) is 0. The van der Waals surface area contributed by atoms with E-state index in [2.05, 4.69) is 36.1 Å². The van der Waals surface area contributed by atoms with Crippen LogP contribution in [0.25, 0.3) is 0 Å². The minimum absolute atomic E-state index is 0.881. The molecule has 0 radical (unpaired) electrons. The lowest BCUT2D eigenvalue weighted by Crippen LogP contribution is -2.35. The molecule has 0 amide bonds. The van der Waals surface area contributed by atoms with Crippen LogP contribution in [0.15, 0.2) is 24.3 Å². The minimum atomic E-state index is 0.881. The molecule has 1 aromatic rings. The molecule has 0 unspecified atom stereocenters. The first-order valence-electron chi connectivity index (χ1n) is 5.50. The van der Waals surface area contributed by atoms with Gasteiger partial charge in [-0.05, 0) is 18.1 Å². The molecule has 0 atom stereocenters. The number of hydrogen-bond acceptors (Lipinski definition) is 3. The van der Waals surface area contributed by atoms with Crippen LogP contribution in [0.4, 0.5) is 0 Å². The van der Waals surface area contributed by atoms with Gasteiger partial charge in [-0.3, -0.25) is 4.90 Å². The summed E-state index contributed by atoms with van der Waals surface area (Å²) in [6.07, 6.45) is 0. The Hall–Kier alpha value is -1.19. The standard InChI is InChI=1S/C12H17NO.CH2O/c1-11-4-2-3-5-12(11)10-13-6-8-14-9-7-13;1-2/h2-5H,6-10H2,1H3;1H2. The van der Waals surface area contributed by atoms with Crippen LogP contribution in [0.3, 0.4) is 0 Å². The predicted molar refractivity (Wildman–Crippen MR) is 64.4 cm³/mol. The largest absolute Gasteiger partial charge is 0.379 e. The topological polar surface area (TPSA) is 29.5 Å². The average molecular weight is 221 g/mol. The summed E-state index contributed by atoms with van der Waals surface area (Å²) in [6.45, 7) is 9.13. The second-order valence-corrected chi connectivity index (χ2v) is 3.82. The first-order chi connectivity index (χ1) is 7.86. The van der Waals surface area contributed by atoms with E-state index in [-0.39, 0.29) is 0 Å². The van der Waals surface area contributed by atoms with E-state index < -0.39 is 0 Å². The Morgan fingerprint density at radius 1 is 1.25 bits per heavy atom. The van der Waals surface area contributed by atoms with Gasteiger partial charge in [-0.15, -0.1) is 0 Å². The van der Waals surface area contributed by atoms with Crippen molar-refractivity contribution in [1.82, 2.24) is 4.90 Å². The van der Waals surface area contributed by atoms with Gasteiger partial charge in [-0.1, -0.05) is 24.3 Å². The van der Waals surface area contributed by atoms with E-state index in [0.717, 1.165) is 32.8 Å². The Kier molecular flexibility index (Phi) is 5.75. The van der Waals surface area contributed by atoms with Gasteiger partial charge < -0.3 is 9.53 Å². The maximum atomic E-state index is 8.00. The molecule has 3 nitrogen and oxygen atoms in total. The Balaban J connectivity index is 0.000000606. The number of ether oxygens (including phenoxy) is 1. The van der Waals surface area contributed by atoms with Crippen LogP contribution >= 0.6 is 0 Å². The third kappa shape index (κ3) is 3.76. The number of hydrogen-bond donors (Lipinski definition) is 0. The number of benzene rings is 1. The maximum absolute atomic E-state index is 8.00. The molecule has 3 heteroatoms. The van der Waals surface area contributed by atoms with Crippen molar-refractivity contribution in [2.24, 2.45) is 0 Å². The predicted octanol–water partition coefficient (Wildman–Crippen LogP) is 1.64. The van der Waals surface area contributed by atoms with Gasteiger partial charge in [0.05, 0.1) is 13.2 Å². The minimum Gasteiger partial charge on any atom is -0.379 e. The smallest absolute Gasteiger partial charge is 0.106 e. The number of nitrogens with zero attached hydrogens (tertiary/aromatic N) is 1. The molecule has 0 spiro atoms. The SMILES string of the molecule is C=O.Cc1ccccc1CN1CCOCC1. The van der Waals surface area contributed by atoms with Gasteiger partial charge >= 0.3 is 0 Å². The third-order valence-corrected chi connectivity index (χ3v) is 2.76. The number of morpholine rings is 1. The van der Waals surface area contributed by atoms with Crippen molar-refractivity contribution in [3.8, 4) is 0 Å². The molecule has 0 saturated carbocycles. The third-order valence-electron chi connectivity index (χ3n) is 2.76. The zero-order valence-corrected chi connectivity index (χ0v) is 9.82. The van der Waals surface area contributed by atoms with Crippen LogP contribution in [0.1, 0.15) is 11.1 Å². The van der Waals surface area contributed by atoms with Gasteiger partial charge in [-0.2, -0.15) is 0 Å². The highest BCUT2D eigenvalue weighted by molar-refractivity contribution is 5.25. The molecule has 0 aliphatic carbocycles. The normalized spacial score (nSPS) is 16.3. The highest BCUT2D eigenvalue weighted by Gasteiger charge is 2.10. The quantitative estimate of drug-likeness (QED) is 0.760. The van der Waals surface area contributed by atoms with Gasteiger partial charge in [0.15, 0.2) is 0 Å². The Bertz CT molecular complexity index is 309. The van der Waals surface area contributed by atoms with Crippen molar-refractivity contribution in [1.29, 1.82) is 0 Å². The molecule has 88 valence electrons. The molecule has 0 bridgehead atoms. The number of aryl methyl sites for hydroxylation is 1. The summed E-state index contributed by atoms with van der Waals surface area (Å²) >= 11 is 0. The molecule has 2 rings (SSSR count). The van der Waals surface area contributed by atoms with Gasteiger partial charge in [0, 0.05) is 19.6 Å². The molecule has 1 fully saturated rings. The lowest BCUT2D eigenvalue weighted by molar-refractivity contribution is -0.0979. The van der Waals surface area contributed by atoms with Gasteiger partial charge in [0.25, 0.3) is 0 Å². The first kappa shape index (κ1) is 12.9. The molecule has 0 N–H and O–H groups in total. The van der Waals surface area contributed by atoms with Crippen LogP contribution < -0.4 is 0 Å². The van der Waals surface area contributed by atoms with Crippen molar-refractivity contribution < 1.29 is 9.53 Å². The van der Waals surface area contributed by atoms with Gasteiger partial charge in [0.1, 0.15) is 6.79 Å². The van der Waals surface area contributed by atoms with E-state index in [1.54, 1.807) is 0 Å². The van der Waals surface area contributed by atoms with E-state index in [1.807, 2.05) is 6.79 Å².